The Labute approximate surface area is 75.5 Å². The summed E-state index contributed by atoms with van der Waals surface area (Å²) in [5.74, 6) is 1.57. The molecule has 64 valence electrons. The highest BCUT2D eigenvalue weighted by Crippen LogP contribution is 2.32. The van der Waals surface area contributed by atoms with Gasteiger partial charge in [0.2, 0.25) is 0 Å². The summed E-state index contributed by atoms with van der Waals surface area (Å²) in [4.78, 5) is 0. The Bertz CT molecular complexity index is 158. The van der Waals surface area contributed by atoms with Crippen molar-refractivity contribution in [3.8, 4) is 0 Å². The highest BCUT2D eigenvalue weighted by molar-refractivity contribution is 7.81. The molecular formula is C10H18S. The van der Waals surface area contributed by atoms with E-state index in [2.05, 4.69) is 39.5 Å². The van der Waals surface area contributed by atoms with Gasteiger partial charge in [0.05, 0.1) is 0 Å². The second-order valence-corrected chi connectivity index (χ2v) is 4.55. The number of allylic oxidation sites excluding steroid dienone is 1. The van der Waals surface area contributed by atoms with Gasteiger partial charge in [-0.05, 0) is 31.6 Å². The van der Waals surface area contributed by atoms with Crippen LogP contribution in [0.1, 0.15) is 33.6 Å². The molecule has 1 heteroatoms. The topological polar surface area (TPSA) is 0 Å². The van der Waals surface area contributed by atoms with Crippen LogP contribution in [0, 0.1) is 11.8 Å². The van der Waals surface area contributed by atoms with Gasteiger partial charge in [-0.2, -0.15) is 12.6 Å². The number of hydrogen-bond donors (Lipinski definition) is 1. The Hall–Kier alpha value is 0.0900. The van der Waals surface area contributed by atoms with E-state index in [0.717, 1.165) is 11.8 Å². The van der Waals surface area contributed by atoms with Gasteiger partial charge in [-0.25, -0.2) is 0 Å². The Balaban J connectivity index is 2.60. The van der Waals surface area contributed by atoms with E-state index in [-0.39, 0.29) is 0 Å². The van der Waals surface area contributed by atoms with E-state index in [4.69, 9.17) is 0 Å². The van der Waals surface area contributed by atoms with Gasteiger partial charge in [0.25, 0.3) is 0 Å². The molecule has 0 aromatic rings. The maximum atomic E-state index is 4.58. The molecule has 0 saturated carbocycles. The molecule has 1 aliphatic rings. The first-order chi connectivity index (χ1) is 5.11. The Morgan fingerprint density at radius 1 is 1.55 bits per heavy atom. The van der Waals surface area contributed by atoms with E-state index in [1.807, 2.05) is 0 Å². The minimum absolute atomic E-state index is 0.503. The minimum atomic E-state index is 0.503. The Kier molecular flexibility index (Phi) is 3.06. The van der Waals surface area contributed by atoms with Crippen molar-refractivity contribution in [3.05, 3.63) is 11.6 Å². The predicted molar refractivity (Wildman–Crippen MR) is 54.1 cm³/mol. The van der Waals surface area contributed by atoms with E-state index in [0.29, 0.717) is 5.25 Å². The van der Waals surface area contributed by atoms with E-state index in [1.54, 1.807) is 0 Å². The summed E-state index contributed by atoms with van der Waals surface area (Å²) in [6.45, 7) is 6.80. The van der Waals surface area contributed by atoms with E-state index in [1.165, 1.54) is 18.4 Å². The van der Waals surface area contributed by atoms with Gasteiger partial charge in [0.1, 0.15) is 0 Å². The molecular weight excluding hydrogens is 152 g/mol. The molecule has 0 heterocycles. The van der Waals surface area contributed by atoms with Crippen molar-refractivity contribution in [2.24, 2.45) is 11.8 Å². The fourth-order valence-corrected chi connectivity index (χ4v) is 2.54. The molecule has 1 aliphatic carbocycles. The zero-order valence-electron chi connectivity index (χ0n) is 7.67. The van der Waals surface area contributed by atoms with Gasteiger partial charge in [-0.15, -0.1) is 0 Å². The van der Waals surface area contributed by atoms with Gasteiger partial charge in [-0.3, -0.25) is 0 Å². The van der Waals surface area contributed by atoms with Crippen LogP contribution < -0.4 is 0 Å². The standard InChI is InChI=1S/C10H18S/c1-7(2)9-5-4-8(3)6-10(9)11/h6-7,9-11H,4-5H2,1-3H3/t9-,10-/m0/s1. The Morgan fingerprint density at radius 3 is 2.64 bits per heavy atom. The molecule has 0 radical (unpaired) electrons. The molecule has 1 rings (SSSR count). The normalized spacial score (nSPS) is 32.3. The largest absolute Gasteiger partial charge is 0.171 e. The molecule has 2 atom stereocenters. The van der Waals surface area contributed by atoms with Gasteiger partial charge in [0.15, 0.2) is 0 Å². The minimum Gasteiger partial charge on any atom is -0.171 e. The van der Waals surface area contributed by atoms with Gasteiger partial charge in [0, 0.05) is 5.25 Å². The summed E-state index contributed by atoms with van der Waals surface area (Å²) < 4.78 is 0. The third-order valence-corrected chi connectivity index (χ3v) is 3.15. The van der Waals surface area contributed by atoms with Crippen LogP contribution in [0.4, 0.5) is 0 Å². The summed E-state index contributed by atoms with van der Waals surface area (Å²) in [7, 11) is 0. The number of thiol groups is 1. The number of rotatable bonds is 1. The molecule has 0 fully saturated rings. The van der Waals surface area contributed by atoms with Crippen LogP contribution in [0.5, 0.6) is 0 Å². The molecule has 0 amide bonds. The lowest BCUT2D eigenvalue weighted by molar-refractivity contribution is 0.360. The SMILES string of the molecule is CC1=C[C@H](S)[C@H](C(C)C)CC1. The van der Waals surface area contributed by atoms with Crippen LogP contribution in [0.25, 0.3) is 0 Å². The third kappa shape index (κ3) is 2.26. The molecule has 0 N–H and O–H groups in total. The molecule has 0 nitrogen and oxygen atoms in total. The van der Waals surface area contributed by atoms with Gasteiger partial charge in [-0.1, -0.05) is 25.5 Å². The molecule has 0 aromatic heterocycles. The molecule has 0 unspecified atom stereocenters. The average Bonchev–Trinajstić information content (AvgIpc) is 1.85. The lowest BCUT2D eigenvalue weighted by atomic mass is 9.82. The maximum Gasteiger partial charge on any atom is 0.0230 e. The summed E-state index contributed by atoms with van der Waals surface area (Å²) in [6.07, 6.45) is 4.92. The first kappa shape index (κ1) is 9.18. The van der Waals surface area contributed by atoms with E-state index >= 15 is 0 Å². The molecule has 11 heavy (non-hydrogen) atoms. The van der Waals surface area contributed by atoms with Gasteiger partial charge >= 0.3 is 0 Å². The van der Waals surface area contributed by atoms with Crippen molar-refractivity contribution in [2.75, 3.05) is 0 Å². The van der Waals surface area contributed by atoms with Crippen molar-refractivity contribution in [3.63, 3.8) is 0 Å². The second-order valence-electron chi connectivity index (χ2n) is 3.95. The van der Waals surface area contributed by atoms with E-state index in [9.17, 15) is 0 Å². The molecule has 0 saturated heterocycles. The van der Waals surface area contributed by atoms with Crippen LogP contribution in [-0.2, 0) is 0 Å². The molecule has 0 aromatic carbocycles. The van der Waals surface area contributed by atoms with Crippen molar-refractivity contribution in [1.82, 2.24) is 0 Å². The zero-order valence-corrected chi connectivity index (χ0v) is 8.57. The smallest absolute Gasteiger partial charge is 0.0230 e. The molecule has 0 aliphatic heterocycles. The second kappa shape index (κ2) is 3.66. The highest BCUT2D eigenvalue weighted by Gasteiger charge is 2.22. The highest BCUT2D eigenvalue weighted by atomic mass is 32.1. The van der Waals surface area contributed by atoms with Crippen LogP contribution in [0.15, 0.2) is 11.6 Å². The van der Waals surface area contributed by atoms with Crippen LogP contribution >= 0.6 is 12.6 Å². The van der Waals surface area contributed by atoms with Crippen molar-refractivity contribution >= 4 is 12.6 Å². The Morgan fingerprint density at radius 2 is 2.18 bits per heavy atom. The van der Waals surface area contributed by atoms with Gasteiger partial charge < -0.3 is 0 Å². The summed E-state index contributed by atoms with van der Waals surface area (Å²) in [6, 6.07) is 0. The first-order valence-electron chi connectivity index (χ1n) is 4.46. The summed E-state index contributed by atoms with van der Waals surface area (Å²) in [5, 5.41) is 0.503. The summed E-state index contributed by atoms with van der Waals surface area (Å²) in [5.41, 5.74) is 1.52. The van der Waals surface area contributed by atoms with Crippen LogP contribution in [-0.4, -0.2) is 5.25 Å². The fourth-order valence-electron chi connectivity index (χ4n) is 1.79. The monoisotopic (exact) mass is 170 g/mol. The third-order valence-electron chi connectivity index (χ3n) is 2.62. The maximum absolute atomic E-state index is 4.58. The van der Waals surface area contributed by atoms with Crippen LogP contribution in [0.3, 0.4) is 0 Å². The fraction of sp³-hybridized carbons (Fsp3) is 0.800. The van der Waals surface area contributed by atoms with Crippen molar-refractivity contribution < 1.29 is 0 Å². The van der Waals surface area contributed by atoms with Crippen molar-refractivity contribution in [1.29, 1.82) is 0 Å². The average molecular weight is 170 g/mol. The summed E-state index contributed by atoms with van der Waals surface area (Å²) >= 11 is 4.58. The lowest BCUT2D eigenvalue weighted by Gasteiger charge is -2.29. The number of hydrogen-bond acceptors (Lipinski definition) is 1. The molecule has 0 spiro atoms. The first-order valence-corrected chi connectivity index (χ1v) is 4.98. The lowest BCUT2D eigenvalue weighted by Crippen LogP contribution is -2.22. The molecule has 0 bridgehead atoms. The van der Waals surface area contributed by atoms with E-state index < -0.39 is 0 Å². The quantitative estimate of drug-likeness (QED) is 0.453. The van der Waals surface area contributed by atoms with Crippen LogP contribution in [0.2, 0.25) is 0 Å². The van der Waals surface area contributed by atoms with Crippen molar-refractivity contribution in [2.45, 2.75) is 38.9 Å². The predicted octanol–water partition coefficient (Wildman–Crippen LogP) is 3.30. The zero-order chi connectivity index (χ0) is 8.43.